The van der Waals surface area contributed by atoms with Crippen molar-refractivity contribution in [3.05, 3.63) is 63.2 Å². The second-order valence-electron chi connectivity index (χ2n) is 6.19. The lowest BCUT2D eigenvalue weighted by Gasteiger charge is -2.36. The van der Waals surface area contributed by atoms with Crippen LogP contribution in [0.15, 0.2) is 42.5 Å². The molecule has 1 aliphatic heterocycles. The summed E-state index contributed by atoms with van der Waals surface area (Å²) >= 11 is 5.82. The summed E-state index contributed by atoms with van der Waals surface area (Å²) in [7, 11) is 0. The predicted octanol–water partition coefficient (Wildman–Crippen LogP) is 3.22. The number of hydrogen-bond donors (Lipinski definition) is 0. The van der Waals surface area contributed by atoms with Crippen LogP contribution in [0.2, 0.25) is 5.02 Å². The minimum atomic E-state index is -0.591. The number of nitro benzene ring substituents is 1. The molecule has 0 aromatic heterocycles. The van der Waals surface area contributed by atoms with Gasteiger partial charge in [0.25, 0.3) is 11.6 Å². The molecule has 1 fully saturated rings. The Morgan fingerprint density at radius 2 is 1.96 bits per heavy atom. The molecule has 2 aromatic rings. The van der Waals surface area contributed by atoms with Crippen LogP contribution < -0.4 is 9.64 Å². The quantitative estimate of drug-likeness (QED) is 0.438. The summed E-state index contributed by atoms with van der Waals surface area (Å²) in [4.78, 5) is 27.0. The molecule has 144 valence electrons. The lowest BCUT2D eigenvalue weighted by Crippen LogP contribution is -2.48. The van der Waals surface area contributed by atoms with Crippen LogP contribution in [0.25, 0.3) is 0 Å². The molecule has 7 nitrogen and oxygen atoms in total. The third-order valence-corrected chi connectivity index (χ3v) is 4.78. The number of ether oxygens (including phenoxy) is 1. The number of terminal acetylenes is 1. The highest BCUT2D eigenvalue weighted by Crippen LogP contribution is 2.26. The van der Waals surface area contributed by atoms with Gasteiger partial charge in [-0.2, -0.15) is 0 Å². The normalized spacial score (nSPS) is 13.7. The molecule has 0 aliphatic carbocycles. The minimum Gasteiger partial charge on any atom is -0.481 e. The Hall–Kier alpha value is -3.24. The van der Waals surface area contributed by atoms with Crippen LogP contribution in [-0.4, -0.2) is 48.5 Å². The number of amides is 1. The fourth-order valence-electron chi connectivity index (χ4n) is 3.03. The van der Waals surface area contributed by atoms with E-state index in [9.17, 15) is 14.9 Å². The maximum absolute atomic E-state index is 12.7. The van der Waals surface area contributed by atoms with Gasteiger partial charge >= 0.3 is 0 Å². The Bertz CT molecular complexity index is 933. The topological polar surface area (TPSA) is 75.9 Å². The molecule has 1 amide bonds. The molecule has 2 aromatic carbocycles. The first-order chi connectivity index (χ1) is 13.5. The number of benzene rings is 2. The van der Waals surface area contributed by atoms with Crippen molar-refractivity contribution < 1.29 is 14.5 Å². The lowest BCUT2D eigenvalue weighted by molar-refractivity contribution is -0.384. The fourth-order valence-corrected chi connectivity index (χ4v) is 3.22. The second kappa shape index (κ2) is 8.63. The second-order valence-corrected chi connectivity index (χ2v) is 6.60. The van der Waals surface area contributed by atoms with E-state index in [1.165, 1.54) is 18.2 Å². The number of carbonyl (C=O) groups is 1. The van der Waals surface area contributed by atoms with Crippen molar-refractivity contribution in [2.45, 2.75) is 0 Å². The molecule has 0 saturated carbocycles. The van der Waals surface area contributed by atoms with Crippen molar-refractivity contribution in [3.8, 4) is 18.1 Å². The predicted molar refractivity (Wildman–Crippen MR) is 107 cm³/mol. The van der Waals surface area contributed by atoms with E-state index >= 15 is 0 Å². The zero-order valence-electron chi connectivity index (χ0n) is 15.0. The number of carbonyl (C=O) groups excluding carboxylic acids is 1. The molecule has 0 bridgehead atoms. The SMILES string of the molecule is C#CCOc1cccc(N2CCN(C(=O)c3ccc(Cl)c([N+](=O)[O-])c3)CC2)c1. The number of anilines is 1. The van der Waals surface area contributed by atoms with Gasteiger partial charge in [0.2, 0.25) is 0 Å². The van der Waals surface area contributed by atoms with Gasteiger partial charge in [0, 0.05) is 49.6 Å². The van der Waals surface area contributed by atoms with Crippen molar-refractivity contribution in [2.75, 3.05) is 37.7 Å². The number of piperazine rings is 1. The molecular formula is C20H18ClN3O4. The third-order valence-electron chi connectivity index (χ3n) is 4.46. The largest absolute Gasteiger partial charge is 0.481 e. The maximum atomic E-state index is 12.7. The van der Waals surface area contributed by atoms with E-state index in [0.29, 0.717) is 31.9 Å². The highest BCUT2D eigenvalue weighted by atomic mass is 35.5. The average Bonchev–Trinajstić information content (AvgIpc) is 2.72. The van der Waals surface area contributed by atoms with Crippen molar-refractivity contribution in [1.82, 2.24) is 4.90 Å². The van der Waals surface area contributed by atoms with Crippen molar-refractivity contribution >= 4 is 28.9 Å². The summed E-state index contributed by atoms with van der Waals surface area (Å²) in [5.41, 5.74) is 0.980. The van der Waals surface area contributed by atoms with E-state index in [0.717, 1.165) is 5.69 Å². The lowest BCUT2D eigenvalue weighted by atomic mass is 10.1. The van der Waals surface area contributed by atoms with Gasteiger partial charge in [-0.15, -0.1) is 6.42 Å². The first kappa shape index (κ1) is 19.5. The molecule has 0 radical (unpaired) electrons. The molecule has 0 N–H and O–H groups in total. The fraction of sp³-hybridized carbons (Fsp3) is 0.250. The van der Waals surface area contributed by atoms with Gasteiger partial charge in [0.05, 0.1) is 4.92 Å². The summed E-state index contributed by atoms with van der Waals surface area (Å²) in [5.74, 6) is 2.88. The van der Waals surface area contributed by atoms with Gasteiger partial charge < -0.3 is 14.5 Å². The van der Waals surface area contributed by atoms with E-state index in [4.69, 9.17) is 22.8 Å². The zero-order valence-corrected chi connectivity index (χ0v) is 15.8. The van der Waals surface area contributed by atoms with Gasteiger partial charge in [-0.1, -0.05) is 23.6 Å². The standard InChI is InChI=1S/C20H18ClN3O4/c1-2-12-28-17-5-3-4-16(14-17)22-8-10-23(11-9-22)20(25)15-6-7-18(21)19(13-15)24(26)27/h1,3-7,13-14H,8-12H2. The number of rotatable bonds is 5. The molecule has 0 spiro atoms. The van der Waals surface area contributed by atoms with Crippen molar-refractivity contribution in [1.29, 1.82) is 0 Å². The Morgan fingerprint density at radius 1 is 1.21 bits per heavy atom. The molecule has 1 saturated heterocycles. The minimum absolute atomic E-state index is 0.0123. The molecule has 3 rings (SSSR count). The summed E-state index contributed by atoms with van der Waals surface area (Å²) in [5, 5.41) is 11.0. The van der Waals surface area contributed by atoms with Crippen molar-refractivity contribution in [3.63, 3.8) is 0 Å². The van der Waals surface area contributed by atoms with Crippen molar-refractivity contribution in [2.24, 2.45) is 0 Å². The summed E-state index contributed by atoms with van der Waals surface area (Å²) in [6, 6.07) is 11.7. The molecule has 1 aliphatic rings. The Kier molecular flexibility index (Phi) is 6.02. The summed E-state index contributed by atoms with van der Waals surface area (Å²) in [6.07, 6.45) is 5.22. The number of hydrogen-bond acceptors (Lipinski definition) is 5. The maximum Gasteiger partial charge on any atom is 0.288 e. The summed E-state index contributed by atoms with van der Waals surface area (Å²) < 4.78 is 5.45. The van der Waals surface area contributed by atoms with Crippen LogP contribution in [0.5, 0.6) is 5.75 Å². The monoisotopic (exact) mass is 399 g/mol. The highest BCUT2D eigenvalue weighted by molar-refractivity contribution is 6.32. The molecule has 0 unspecified atom stereocenters. The van der Waals surface area contributed by atoms with Gasteiger partial charge in [0.1, 0.15) is 17.4 Å². The third kappa shape index (κ3) is 4.35. The zero-order chi connectivity index (χ0) is 20.1. The Balaban J connectivity index is 1.65. The summed E-state index contributed by atoms with van der Waals surface area (Å²) in [6.45, 7) is 2.49. The van der Waals surface area contributed by atoms with E-state index in [-0.39, 0.29) is 28.8 Å². The Labute approximate surface area is 167 Å². The molecule has 1 heterocycles. The van der Waals surface area contributed by atoms with E-state index in [1.807, 2.05) is 24.3 Å². The first-order valence-corrected chi connectivity index (χ1v) is 9.02. The van der Waals surface area contributed by atoms with Crippen LogP contribution in [0.3, 0.4) is 0 Å². The highest BCUT2D eigenvalue weighted by Gasteiger charge is 2.24. The molecule has 28 heavy (non-hydrogen) atoms. The average molecular weight is 400 g/mol. The van der Waals surface area contributed by atoms with Gasteiger partial charge in [-0.3, -0.25) is 14.9 Å². The number of halogens is 1. The van der Waals surface area contributed by atoms with Crippen LogP contribution in [0.1, 0.15) is 10.4 Å². The number of nitrogens with zero attached hydrogens (tertiary/aromatic N) is 3. The van der Waals surface area contributed by atoms with E-state index in [2.05, 4.69) is 10.8 Å². The molecule has 8 heteroatoms. The smallest absolute Gasteiger partial charge is 0.288 e. The number of nitro groups is 1. The van der Waals surface area contributed by atoms with Crippen LogP contribution in [0, 0.1) is 22.5 Å². The first-order valence-electron chi connectivity index (χ1n) is 8.64. The van der Waals surface area contributed by atoms with Gasteiger partial charge in [-0.05, 0) is 24.3 Å². The van der Waals surface area contributed by atoms with Crippen LogP contribution in [-0.2, 0) is 0 Å². The van der Waals surface area contributed by atoms with E-state index in [1.54, 1.807) is 4.90 Å². The van der Waals surface area contributed by atoms with Crippen LogP contribution in [0.4, 0.5) is 11.4 Å². The molecular weight excluding hydrogens is 382 g/mol. The van der Waals surface area contributed by atoms with E-state index < -0.39 is 4.92 Å². The van der Waals surface area contributed by atoms with Gasteiger partial charge in [-0.25, -0.2) is 0 Å². The molecule has 0 atom stereocenters. The van der Waals surface area contributed by atoms with Crippen LogP contribution >= 0.6 is 11.6 Å². The Morgan fingerprint density at radius 3 is 2.64 bits per heavy atom. The van der Waals surface area contributed by atoms with Gasteiger partial charge in [0.15, 0.2) is 0 Å².